The molecule has 1 heterocycles. The average Bonchev–Trinajstić information content (AvgIpc) is 2.68. The molecule has 2 unspecified atom stereocenters. The standard InChI is InChI=1S/C14H31N3/c1-12(2)14(9-15)11-17(4)8-6-13-5-7-16(3)10-13/h12-14H,5-11,15H2,1-4H3. The summed E-state index contributed by atoms with van der Waals surface area (Å²) in [5, 5.41) is 0. The SMILES string of the molecule is CC(C)C(CN)CN(C)CCC1CCN(C)C1. The van der Waals surface area contributed by atoms with E-state index in [1.54, 1.807) is 0 Å². The average molecular weight is 241 g/mol. The molecule has 3 heteroatoms. The number of hydrogen-bond donors (Lipinski definition) is 1. The summed E-state index contributed by atoms with van der Waals surface area (Å²) in [7, 11) is 4.47. The minimum Gasteiger partial charge on any atom is -0.330 e. The fourth-order valence-corrected chi connectivity index (χ4v) is 2.71. The first-order valence-corrected chi connectivity index (χ1v) is 7.10. The van der Waals surface area contributed by atoms with E-state index in [-0.39, 0.29) is 0 Å². The van der Waals surface area contributed by atoms with E-state index in [1.165, 1.54) is 32.5 Å². The molecule has 0 aromatic heterocycles. The normalized spacial score (nSPS) is 23.8. The third kappa shape index (κ3) is 5.36. The van der Waals surface area contributed by atoms with E-state index >= 15 is 0 Å². The summed E-state index contributed by atoms with van der Waals surface area (Å²) < 4.78 is 0. The van der Waals surface area contributed by atoms with Gasteiger partial charge in [0.15, 0.2) is 0 Å². The van der Waals surface area contributed by atoms with Gasteiger partial charge in [0.2, 0.25) is 0 Å². The van der Waals surface area contributed by atoms with Crippen molar-refractivity contribution in [2.75, 3.05) is 46.8 Å². The minimum absolute atomic E-state index is 0.645. The van der Waals surface area contributed by atoms with Crippen molar-refractivity contribution in [2.45, 2.75) is 26.7 Å². The molecule has 1 aliphatic heterocycles. The highest BCUT2D eigenvalue weighted by molar-refractivity contribution is 4.75. The molecular formula is C14H31N3. The van der Waals surface area contributed by atoms with E-state index < -0.39 is 0 Å². The van der Waals surface area contributed by atoms with E-state index in [0.717, 1.165) is 19.0 Å². The lowest BCUT2D eigenvalue weighted by Crippen LogP contribution is -2.34. The summed E-state index contributed by atoms with van der Waals surface area (Å²) in [5.41, 5.74) is 5.83. The van der Waals surface area contributed by atoms with E-state index in [0.29, 0.717) is 11.8 Å². The van der Waals surface area contributed by atoms with Gasteiger partial charge in [0.05, 0.1) is 0 Å². The zero-order chi connectivity index (χ0) is 12.8. The fraction of sp³-hybridized carbons (Fsp3) is 1.00. The van der Waals surface area contributed by atoms with Gasteiger partial charge >= 0.3 is 0 Å². The van der Waals surface area contributed by atoms with Crippen LogP contribution in [0.5, 0.6) is 0 Å². The molecule has 0 radical (unpaired) electrons. The molecule has 0 amide bonds. The number of rotatable bonds is 7. The van der Waals surface area contributed by atoms with Gasteiger partial charge in [-0.3, -0.25) is 0 Å². The minimum atomic E-state index is 0.645. The number of likely N-dealkylation sites (tertiary alicyclic amines) is 1. The largest absolute Gasteiger partial charge is 0.330 e. The Labute approximate surface area is 107 Å². The molecule has 2 atom stereocenters. The molecular weight excluding hydrogens is 210 g/mol. The first-order chi connectivity index (χ1) is 8.02. The van der Waals surface area contributed by atoms with Gasteiger partial charge in [-0.1, -0.05) is 13.8 Å². The Bertz CT molecular complexity index is 206. The van der Waals surface area contributed by atoms with Crippen LogP contribution in [0.1, 0.15) is 26.7 Å². The van der Waals surface area contributed by atoms with E-state index in [4.69, 9.17) is 5.73 Å². The first kappa shape index (κ1) is 14.9. The molecule has 1 aliphatic rings. The molecule has 3 nitrogen and oxygen atoms in total. The van der Waals surface area contributed by atoms with E-state index in [1.807, 2.05) is 0 Å². The topological polar surface area (TPSA) is 32.5 Å². The number of nitrogens with zero attached hydrogens (tertiary/aromatic N) is 2. The van der Waals surface area contributed by atoms with Crippen molar-refractivity contribution in [2.24, 2.45) is 23.5 Å². The Morgan fingerprint density at radius 1 is 1.41 bits per heavy atom. The molecule has 2 N–H and O–H groups in total. The highest BCUT2D eigenvalue weighted by atomic mass is 15.1. The van der Waals surface area contributed by atoms with Gasteiger partial charge in [-0.15, -0.1) is 0 Å². The quantitative estimate of drug-likeness (QED) is 0.733. The van der Waals surface area contributed by atoms with E-state index in [2.05, 4.69) is 37.7 Å². The van der Waals surface area contributed by atoms with Crippen molar-refractivity contribution < 1.29 is 0 Å². The van der Waals surface area contributed by atoms with Gasteiger partial charge in [0, 0.05) is 13.1 Å². The highest BCUT2D eigenvalue weighted by Crippen LogP contribution is 2.18. The number of nitrogens with two attached hydrogens (primary N) is 1. The Kier molecular flexibility index (Phi) is 6.45. The molecule has 0 bridgehead atoms. The lowest BCUT2D eigenvalue weighted by atomic mass is 9.95. The Morgan fingerprint density at radius 2 is 2.12 bits per heavy atom. The third-order valence-corrected chi connectivity index (χ3v) is 4.20. The lowest BCUT2D eigenvalue weighted by Gasteiger charge is -2.26. The van der Waals surface area contributed by atoms with Gasteiger partial charge in [0.1, 0.15) is 0 Å². The van der Waals surface area contributed by atoms with Crippen molar-refractivity contribution in [1.29, 1.82) is 0 Å². The van der Waals surface area contributed by atoms with Gasteiger partial charge in [-0.2, -0.15) is 0 Å². The van der Waals surface area contributed by atoms with Crippen LogP contribution in [0.4, 0.5) is 0 Å². The van der Waals surface area contributed by atoms with Gasteiger partial charge in [-0.25, -0.2) is 0 Å². The van der Waals surface area contributed by atoms with Crippen LogP contribution in [0.2, 0.25) is 0 Å². The molecule has 102 valence electrons. The van der Waals surface area contributed by atoms with Crippen LogP contribution >= 0.6 is 0 Å². The third-order valence-electron chi connectivity index (χ3n) is 4.20. The summed E-state index contributed by atoms with van der Waals surface area (Å²) in [6.45, 7) is 10.3. The van der Waals surface area contributed by atoms with Crippen molar-refractivity contribution >= 4 is 0 Å². The second kappa shape index (κ2) is 7.34. The Morgan fingerprint density at radius 3 is 2.59 bits per heavy atom. The molecule has 0 spiro atoms. The Hall–Kier alpha value is -0.120. The van der Waals surface area contributed by atoms with Crippen molar-refractivity contribution in [3.63, 3.8) is 0 Å². The molecule has 0 aromatic carbocycles. The maximum Gasteiger partial charge on any atom is 0.00211 e. The van der Waals surface area contributed by atoms with E-state index in [9.17, 15) is 0 Å². The lowest BCUT2D eigenvalue weighted by molar-refractivity contribution is 0.227. The highest BCUT2D eigenvalue weighted by Gasteiger charge is 2.20. The second-order valence-corrected chi connectivity index (χ2v) is 6.21. The van der Waals surface area contributed by atoms with Crippen LogP contribution < -0.4 is 5.73 Å². The van der Waals surface area contributed by atoms with Gasteiger partial charge < -0.3 is 15.5 Å². The zero-order valence-corrected chi connectivity index (χ0v) is 12.2. The van der Waals surface area contributed by atoms with Crippen LogP contribution in [0, 0.1) is 17.8 Å². The zero-order valence-electron chi connectivity index (χ0n) is 12.2. The maximum absolute atomic E-state index is 5.83. The van der Waals surface area contributed by atoms with Crippen LogP contribution in [0.25, 0.3) is 0 Å². The monoisotopic (exact) mass is 241 g/mol. The summed E-state index contributed by atoms with van der Waals surface area (Å²) >= 11 is 0. The Balaban J connectivity index is 2.18. The van der Waals surface area contributed by atoms with Crippen LogP contribution in [0.15, 0.2) is 0 Å². The predicted octanol–water partition coefficient (Wildman–Crippen LogP) is 1.49. The molecule has 0 aliphatic carbocycles. The molecule has 1 rings (SSSR count). The maximum atomic E-state index is 5.83. The summed E-state index contributed by atoms with van der Waals surface area (Å²) in [5.74, 6) is 2.25. The summed E-state index contributed by atoms with van der Waals surface area (Å²) in [6, 6.07) is 0. The molecule has 1 saturated heterocycles. The van der Waals surface area contributed by atoms with Gasteiger partial charge in [0.25, 0.3) is 0 Å². The van der Waals surface area contributed by atoms with Crippen molar-refractivity contribution in [3.05, 3.63) is 0 Å². The summed E-state index contributed by atoms with van der Waals surface area (Å²) in [4.78, 5) is 4.91. The van der Waals surface area contributed by atoms with Crippen molar-refractivity contribution in [1.82, 2.24) is 9.80 Å². The predicted molar refractivity (Wildman–Crippen MR) is 75.1 cm³/mol. The molecule has 1 fully saturated rings. The number of hydrogen-bond acceptors (Lipinski definition) is 3. The fourth-order valence-electron chi connectivity index (χ4n) is 2.71. The smallest absolute Gasteiger partial charge is 0.00211 e. The molecule has 0 aromatic rings. The molecule has 17 heavy (non-hydrogen) atoms. The first-order valence-electron chi connectivity index (χ1n) is 7.10. The van der Waals surface area contributed by atoms with Crippen LogP contribution in [0.3, 0.4) is 0 Å². The van der Waals surface area contributed by atoms with Crippen molar-refractivity contribution in [3.8, 4) is 0 Å². The summed E-state index contributed by atoms with van der Waals surface area (Å²) in [6.07, 6.45) is 2.73. The van der Waals surface area contributed by atoms with Crippen LogP contribution in [-0.4, -0.2) is 56.6 Å². The molecule has 0 saturated carbocycles. The van der Waals surface area contributed by atoms with Crippen LogP contribution in [-0.2, 0) is 0 Å². The van der Waals surface area contributed by atoms with Gasteiger partial charge in [-0.05, 0) is 64.3 Å². The second-order valence-electron chi connectivity index (χ2n) is 6.21.